The molecule has 12 heteroatoms. The molecule has 0 aromatic heterocycles. The Hall–Kier alpha value is -1.38. The van der Waals surface area contributed by atoms with Gasteiger partial charge in [-0.1, -0.05) is 265 Å². The van der Waals surface area contributed by atoms with Crippen LogP contribution in [-0.4, -0.2) is 113 Å². The van der Waals surface area contributed by atoms with Crippen molar-refractivity contribution in [3.8, 4) is 0 Å². The molecule has 0 unspecified atom stereocenters. The Kier molecular flexibility index (Phi) is 44.7. The molecule has 0 saturated carbocycles. The van der Waals surface area contributed by atoms with Crippen molar-refractivity contribution < 1.29 is 54.1 Å². The molecule has 6 atom stereocenters. The molecular weight excluding hydrogens is 911 g/mol. The summed E-state index contributed by atoms with van der Waals surface area (Å²) in [5.74, 6) is -4.50. The molecule has 1 aliphatic rings. The average molecular weight is 1030 g/mol. The summed E-state index contributed by atoms with van der Waals surface area (Å²) < 4.78 is 24.4. The van der Waals surface area contributed by atoms with E-state index < -0.39 is 66.6 Å². The molecule has 1 heterocycles. The summed E-state index contributed by atoms with van der Waals surface area (Å²) in [6, 6.07) is -1.26. The van der Waals surface area contributed by atoms with Gasteiger partial charge in [-0.15, -0.1) is 0 Å². The van der Waals surface area contributed by atoms with Crippen LogP contribution in [0.1, 0.15) is 291 Å². The minimum Gasteiger partial charge on any atom is -0.477 e. The van der Waals surface area contributed by atoms with Gasteiger partial charge < -0.3 is 49.8 Å². The van der Waals surface area contributed by atoms with E-state index in [9.17, 15) is 35.1 Å². The molecule has 0 radical (unpaired) electrons. The maximum absolute atomic E-state index is 12.9. The van der Waals surface area contributed by atoms with E-state index in [4.69, 9.17) is 18.9 Å². The van der Waals surface area contributed by atoms with Crippen molar-refractivity contribution >= 4 is 11.9 Å². The number of aliphatic carboxylic acids is 1. The van der Waals surface area contributed by atoms with Crippen LogP contribution in [0.5, 0.6) is 0 Å². The zero-order chi connectivity index (χ0) is 52.8. The molecule has 428 valence electrons. The monoisotopic (exact) mass is 1030 g/mol. The Bertz CT molecular complexity index is 1180. The van der Waals surface area contributed by atoms with E-state index in [0.29, 0.717) is 13.2 Å². The summed E-state index contributed by atoms with van der Waals surface area (Å²) in [7, 11) is 0. The van der Waals surface area contributed by atoms with Crippen LogP contribution in [0, 0.1) is 5.41 Å². The van der Waals surface area contributed by atoms with Crippen LogP contribution in [0.2, 0.25) is 0 Å². The molecule has 1 amide bonds. The van der Waals surface area contributed by atoms with E-state index in [1.165, 1.54) is 238 Å². The molecule has 0 aromatic carbocycles. The smallest absolute Gasteiger partial charge is 0.364 e. The largest absolute Gasteiger partial charge is 0.477 e. The van der Waals surface area contributed by atoms with Crippen molar-refractivity contribution in [2.75, 3.05) is 39.6 Å². The lowest BCUT2D eigenvalue weighted by molar-refractivity contribution is -0.318. The third kappa shape index (κ3) is 35.8. The number of nitrogens with one attached hydrogen (secondary N) is 1. The zero-order valence-corrected chi connectivity index (χ0v) is 47.3. The van der Waals surface area contributed by atoms with Gasteiger partial charge in [0.05, 0.1) is 38.6 Å². The first-order valence-electron chi connectivity index (χ1n) is 30.6. The molecule has 1 saturated heterocycles. The Morgan fingerprint density at radius 1 is 0.556 bits per heavy atom. The number of carboxylic acid groups (broad SMARTS) is 1. The summed E-state index contributed by atoms with van der Waals surface area (Å²) in [4.78, 5) is 24.9. The van der Waals surface area contributed by atoms with Crippen molar-refractivity contribution in [1.82, 2.24) is 5.32 Å². The van der Waals surface area contributed by atoms with E-state index in [0.717, 1.165) is 25.7 Å². The predicted molar refractivity (Wildman–Crippen MR) is 294 cm³/mol. The first-order chi connectivity index (χ1) is 34.9. The van der Waals surface area contributed by atoms with E-state index in [-0.39, 0.29) is 19.8 Å². The van der Waals surface area contributed by atoms with Gasteiger partial charge in [0.1, 0.15) is 18.3 Å². The standard InChI is InChI=1S/C60H117NO11/c1-5-7-9-11-13-15-17-19-21-23-25-27-29-31-33-35-37-39-41-43-45-69-49-59(4,51-71-60(58(67)68)47-53(64)55(61-52(3)63)57(72-60)56(66)54(65)48-62)50-70-46-44-42-40-38-36-34-32-30-28-26-24-22-20-18-16-14-12-10-8-6-2/h53-57,62,64-66H,5-51H2,1-4H3,(H,61,63)(H,67,68)/t53-,54+,55+,56+,57+,60+/m0/s1. The van der Waals surface area contributed by atoms with Crippen LogP contribution in [0.3, 0.4) is 0 Å². The van der Waals surface area contributed by atoms with Gasteiger partial charge in [0.25, 0.3) is 5.79 Å². The number of amides is 1. The lowest BCUT2D eigenvalue weighted by Gasteiger charge is -2.47. The second kappa shape index (κ2) is 46.9. The molecule has 0 aromatic rings. The van der Waals surface area contributed by atoms with Gasteiger partial charge in [-0.05, 0) is 12.8 Å². The van der Waals surface area contributed by atoms with Crippen LogP contribution in [0.15, 0.2) is 0 Å². The van der Waals surface area contributed by atoms with E-state index in [2.05, 4.69) is 19.2 Å². The average Bonchev–Trinajstić information content (AvgIpc) is 3.36. The normalized spacial score (nSPS) is 19.2. The van der Waals surface area contributed by atoms with Gasteiger partial charge in [-0.3, -0.25) is 4.79 Å². The first kappa shape index (κ1) is 68.6. The second-order valence-corrected chi connectivity index (χ2v) is 22.5. The van der Waals surface area contributed by atoms with Crippen LogP contribution in [0.25, 0.3) is 0 Å². The number of rotatable bonds is 54. The highest BCUT2D eigenvalue weighted by Crippen LogP contribution is 2.35. The highest BCUT2D eigenvalue weighted by atomic mass is 16.7. The number of aliphatic hydroxyl groups excluding tert-OH is 4. The number of carboxylic acids is 1. The number of aliphatic hydroxyl groups is 4. The van der Waals surface area contributed by atoms with E-state index in [1.54, 1.807) is 0 Å². The van der Waals surface area contributed by atoms with Gasteiger partial charge in [-0.25, -0.2) is 4.79 Å². The zero-order valence-electron chi connectivity index (χ0n) is 47.3. The van der Waals surface area contributed by atoms with Crippen LogP contribution in [0.4, 0.5) is 0 Å². The summed E-state index contributed by atoms with van der Waals surface area (Å²) in [5.41, 5.74) is -0.787. The van der Waals surface area contributed by atoms with Crippen LogP contribution in [-0.2, 0) is 28.5 Å². The summed E-state index contributed by atoms with van der Waals surface area (Å²) in [5, 5.41) is 54.9. The SMILES string of the molecule is CCCCCCCCCCCCCCCCCCCCCCOCC(C)(COCCCCCCCCCCCCCCCCCCCCCC)CO[C@]1(C(=O)O)C[C@H](O)[C@@H](NC(C)=O)[C@H]([C@H](O)[C@H](O)CO)O1. The Morgan fingerprint density at radius 2 is 0.861 bits per heavy atom. The third-order valence-electron chi connectivity index (χ3n) is 15.0. The predicted octanol–water partition coefficient (Wildman–Crippen LogP) is 13.8. The van der Waals surface area contributed by atoms with Gasteiger partial charge in [0.15, 0.2) is 0 Å². The number of carbonyl (C=O) groups excluding carboxylic acids is 1. The third-order valence-corrected chi connectivity index (χ3v) is 15.0. The molecule has 72 heavy (non-hydrogen) atoms. The highest BCUT2D eigenvalue weighted by Gasteiger charge is 2.56. The van der Waals surface area contributed by atoms with Crippen LogP contribution < -0.4 is 5.32 Å². The lowest BCUT2D eigenvalue weighted by atomic mass is 9.88. The molecule has 6 N–H and O–H groups in total. The number of unbranched alkanes of at least 4 members (excludes halogenated alkanes) is 38. The van der Waals surface area contributed by atoms with Gasteiger partial charge >= 0.3 is 5.97 Å². The maximum Gasteiger partial charge on any atom is 0.364 e. The Morgan fingerprint density at radius 3 is 1.14 bits per heavy atom. The molecule has 0 aliphatic carbocycles. The molecule has 0 spiro atoms. The van der Waals surface area contributed by atoms with Crippen molar-refractivity contribution in [3.05, 3.63) is 0 Å². The van der Waals surface area contributed by atoms with Crippen molar-refractivity contribution in [2.45, 2.75) is 327 Å². The van der Waals surface area contributed by atoms with Gasteiger partial charge in [0.2, 0.25) is 5.91 Å². The quantitative estimate of drug-likeness (QED) is 0.0319. The molecule has 1 fully saturated rings. The molecule has 0 bridgehead atoms. The fraction of sp³-hybridized carbons (Fsp3) is 0.967. The second-order valence-electron chi connectivity index (χ2n) is 22.5. The van der Waals surface area contributed by atoms with E-state index >= 15 is 0 Å². The fourth-order valence-electron chi connectivity index (χ4n) is 10.2. The minimum absolute atomic E-state index is 0.166. The first-order valence-corrected chi connectivity index (χ1v) is 30.6. The number of hydrogen-bond acceptors (Lipinski definition) is 10. The van der Waals surface area contributed by atoms with Gasteiger partial charge in [-0.2, -0.15) is 0 Å². The van der Waals surface area contributed by atoms with Crippen molar-refractivity contribution in [1.29, 1.82) is 0 Å². The number of ether oxygens (including phenoxy) is 4. The highest BCUT2D eigenvalue weighted by molar-refractivity contribution is 5.76. The van der Waals surface area contributed by atoms with Crippen LogP contribution >= 0.6 is 0 Å². The molecule has 1 aliphatic heterocycles. The maximum atomic E-state index is 12.9. The number of hydrogen-bond donors (Lipinski definition) is 6. The molecule has 12 nitrogen and oxygen atoms in total. The van der Waals surface area contributed by atoms with Crippen molar-refractivity contribution in [3.63, 3.8) is 0 Å². The summed E-state index contributed by atoms with van der Waals surface area (Å²) in [6.07, 6.45) is 45.6. The molecular formula is C60H117NO11. The fourth-order valence-corrected chi connectivity index (χ4v) is 10.2. The van der Waals surface area contributed by atoms with E-state index in [1.807, 2.05) is 6.92 Å². The lowest BCUT2D eigenvalue weighted by Crippen LogP contribution is -2.68. The molecule has 1 rings (SSSR count). The topological polar surface area (TPSA) is 184 Å². The summed E-state index contributed by atoms with van der Waals surface area (Å²) >= 11 is 0. The summed E-state index contributed by atoms with van der Waals surface area (Å²) in [6.45, 7) is 8.26. The van der Waals surface area contributed by atoms with Crippen molar-refractivity contribution in [2.24, 2.45) is 5.41 Å². The number of carbonyl (C=O) groups is 2. The Balaban J connectivity index is 2.49. The minimum atomic E-state index is -2.42. The Labute approximate surface area is 442 Å². The van der Waals surface area contributed by atoms with Gasteiger partial charge in [0, 0.05) is 32.0 Å².